The minimum atomic E-state index is -0.959. The molecule has 0 amide bonds. The summed E-state index contributed by atoms with van der Waals surface area (Å²) >= 11 is 5.87. The van der Waals surface area contributed by atoms with Crippen LogP contribution in [-0.2, 0) is 37.5 Å². The minimum Gasteiger partial charge on any atom is -0.486 e. The second-order valence-electron chi connectivity index (χ2n) is 10.5. The predicted molar refractivity (Wildman–Crippen MR) is 151 cm³/mol. The molecule has 4 heterocycles. The van der Waals surface area contributed by atoms with Gasteiger partial charge in [-0.15, -0.1) is 0 Å². The van der Waals surface area contributed by atoms with Crippen LogP contribution in [0.3, 0.4) is 0 Å². The molecular formula is C30H27ClFN5O4. The summed E-state index contributed by atoms with van der Waals surface area (Å²) < 4.78 is 30.1. The molecular weight excluding hydrogens is 549 g/mol. The maximum absolute atomic E-state index is 14.2. The van der Waals surface area contributed by atoms with Crippen molar-refractivity contribution in [3.8, 4) is 5.75 Å². The number of fused-ring (bicyclic) bond motifs is 4. The molecule has 9 nitrogen and oxygen atoms in total. The van der Waals surface area contributed by atoms with Crippen molar-refractivity contribution in [3.63, 3.8) is 0 Å². The van der Waals surface area contributed by atoms with Crippen LogP contribution < -0.4 is 4.74 Å². The molecule has 41 heavy (non-hydrogen) atoms. The van der Waals surface area contributed by atoms with Crippen LogP contribution in [0.4, 0.5) is 4.39 Å². The summed E-state index contributed by atoms with van der Waals surface area (Å²) in [7, 11) is 0. The summed E-state index contributed by atoms with van der Waals surface area (Å²) in [5.74, 6) is 0.501. The van der Waals surface area contributed by atoms with E-state index in [4.69, 9.17) is 31.0 Å². The van der Waals surface area contributed by atoms with Gasteiger partial charge < -0.3 is 23.7 Å². The van der Waals surface area contributed by atoms with Crippen molar-refractivity contribution in [3.05, 3.63) is 88.2 Å². The Morgan fingerprint density at radius 1 is 1.12 bits per heavy atom. The van der Waals surface area contributed by atoms with Crippen molar-refractivity contribution in [2.45, 2.75) is 45.3 Å². The Hall–Kier alpha value is -3.99. The Kier molecular flexibility index (Phi) is 6.61. The van der Waals surface area contributed by atoms with Crippen LogP contribution in [0.25, 0.3) is 22.1 Å². The highest BCUT2D eigenvalue weighted by Crippen LogP contribution is 2.28. The molecule has 1 fully saturated rings. The van der Waals surface area contributed by atoms with E-state index >= 15 is 0 Å². The van der Waals surface area contributed by atoms with Crippen molar-refractivity contribution in [2.24, 2.45) is 0 Å². The summed E-state index contributed by atoms with van der Waals surface area (Å²) in [4.78, 5) is 23.8. The highest BCUT2D eigenvalue weighted by Gasteiger charge is 2.26. The lowest BCUT2D eigenvalue weighted by atomic mass is 10.1. The average Bonchev–Trinajstić information content (AvgIpc) is 3.47. The molecule has 0 aliphatic carbocycles. The fourth-order valence-corrected chi connectivity index (χ4v) is 5.76. The normalized spacial score (nSPS) is 17.1. The number of benzene rings is 3. The van der Waals surface area contributed by atoms with Gasteiger partial charge in [0, 0.05) is 30.3 Å². The summed E-state index contributed by atoms with van der Waals surface area (Å²) in [6.45, 7) is 4.36. The van der Waals surface area contributed by atoms with Gasteiger partial charge in [0.25, 0.3) is 0 Å². The molecule has 2 aromatic heterocycles. The quantitative estimate of drug-likeness (QED) is 0.270. The van der Waals surface area contributed by atoms with Crippen LogP contribution in [0, 0.1) is 5.82 Å². The monoisotopic (exact) mass is 575 g/mol. The predicted octanol–water partition coefficient (Wildman–Crippen LogP) is 5.26. The van der Waals surface area contributed by atoms with E-state index in [-0.39, 0.29) is 24.0 Å². The fourth-order valence-electron chi connectivity index (χ4n) is 5.61. The number of carboxylic acid groups (broad SMARTS) is 1. The van der Waals surface area contributed by atoms with Gasteiger partial charge in [0.05, 0.1) is 53.4 Å². The van der Waals surface area contributed by atoms with Gasteiger partial charge in [-0.25, -0.2) is 19.2 Å². The van der Waals surface area contributed by atoms with Crippen LogP contribution in [0.1, 0.15) is 34.0 Å². The van der Waals surface area contributed by atoms with Crippen molar-refractivity contribution >= 4 is 39.6 Å². The average molecular weight is 576 g/mol. The highest BCUT2D eigenvalue weighted by atomic mass is 35.5. The topological polar surface area (TPSA) is 94.6 Å². The smallest absolute Gasteiger partial charge is 0.335 e. The van der Waals surface area contributed by atoms with E-state index in [1.54, 1.807) is 24.3 Å². The van der Waals surface area contributed by atoms with E-state index in [0.29, 0.717) is 24.7 Å². The van der Waals surface area contributed by atoms with Crippen LogP contribution in [0.2, 0.25) is 5.02 Å². The maximum Gasteiger partial charge on any atom is 0.335 e. The number of hydrogen-bond acceptors (Lipinski definition) is 6. The molecule has 0 spiro atoms. The highest BCUT2D eigenvalue weighted by molar-refractivity contribution is 6.30. The zero-order valence-electron chi connectivity index (χ0n) is 22.1. The van der Waals surface area contributed by atoms with Crippen molar-refractivity contribution in [1.82, 2.24) is 24.0 Å². The molecule has 7 rings (SSSR count). The molecule has 1 N–H and O–H groups in total. The van der Waals surface area contributed by atoms with Crippen LogP contribution >= 0.6 is 11.6 Å². The van der Waals surface area contributed by atoms with Gasteiger partial charge >= 0.3 is 5.97 Å². The Balaban J connectivity index is 1.14. The van der Waals surface area contributed by atoms with Gasteiger partial charge in [0.2, 0.25) is 0 Å². The van der Waals surface area contributed by atoms with Crippen LogP contribution in [0.15, 0.2) is 54.6 Å². The van der Waals surface area contributed by atoms with E-state index in [2.05, 4.69) is 14.0 Å². The molecule has 2 aliphatic heterocycles. The molecule has 1 atom stereocenters. The molecule has 210 valence electrons. The number of ether oxygens (including phenoxy) is 2. The van der Waals surface area contributed by atoms with Crippen molar-refractivity contribution < 1.29 is 23.8 Å². The fraction of sp³-hybridized carbons (Fsp3) is 0.300. The second kappa shape index (κ2) is 10.4. The van der Waals surface area contributed by atoms with Gasteiger partial charge in [0.15, 0.2) is 11.6 Å². The summed E-state index contributed by atoms with van der Waals surface area (Å²) in [5.41, 5.74) is 4.56. The molecule has 2 aliphatic rings. The first kappa shape index (κ1) is 25.9. The first-order chi connectivity index (χ1) is 19.9. The number of aromatic carboxylic acids is 1. The molecule has 0 bridgehead atoms. The molecule has 5 aromatic rings. The first-order valence-corrected chi connectivity index (χ1v) is 13.9. The Morgan fingerprint density at radius 2 is 2.00 bits per heavy atom. The summed E-state index contributed by atoms with van der Waals surface area (Å²) in [5, 5.41) is 9.85. The number of halogens is 2. The van der Waals surface area contributed by atoms with Crippen molar-refractivity contribution in [1.29, 1.82) is 0 Å². The summed E-state index contributed by atoms with van der Waals surface area (Å²) in [6, 6.07) is 15.4. The molecule has 3 aromatic carbocycles. The van der Waals surface area contributed by atoms with E-state index in [0.717, 1.165) is 65.4 Å². The Labute approximate surface area is 239 Å². The van der Waals surface area contributed by atoms with Gasteiger partial charge in [-0.3, -0.25) is 4.90 Å². The standard InChI is InChI=1S/C30H27ClFN5O4/c31-20-5-7-26(22(32)13-20)41-17-19-2-1-3-24-29(19)34-28-16-35(9-10-36(24)28)15-27-33-23-6-4-18(30(38)39)12-25(23)37(27)14-21-8-11-40-21/h1-7,12-13,21H,8-11,14-17H2,(H,38,39)/t21-/m0/s1. The summed E-state index contributed by atoms with van der Waals surface area (Å²) in [6.07, 6.45) is 1.08. The van der Waals surface area contributed by atoms with E-state index in [1.165, 1.54) is 12.1 Å². The molecule has 0 saturated carbocycles. The van der Waals surface area contributed by atoms with Gasteiger partial charge in [-0.1, -0.05) is 23.7 Å². The third kappa shape index (κ3) is 4.92. The van der Waals surface area contributed by atoms with Crippen LogP contribution in [0.5, 0.6) is 5.75 Å². The number of nitrogens with zero attached hydrogens (tertiary/aromatic N) is 5. The van der Waals surface area contributed by atoms with Gasteiger partial charge in [-0.05, 0) is 48.9 Å². The lowest BCUT2D eigenvalue weighted by molar-refractivity contribution is -0.0592. The maximum atomic E-state index is 14.2. The lowest BCUT2D eigenvalue weighted by Crippen LogP contribution is -2.35. The van der Waals surface area contributed by atoms with Gasteiger partial charge in [-0.2, -0.15) is 0 Å². The van der Waals surface area contributed by atoms with E-state index < -0.39 is 11.8 Å². The number of carboxylic acids is 1. The SMILES string of the molecule is O=C(O)c1ccc2nc(CN3CCn4c(nc5c(COc6ccc(Cl)cc6F)cccc54)C3)n(C[C@@H]3CCO3)c2c1. The number of aromatic nitrogens is 4. The zero-order chi connectivity index (χ0) is 28.1. The number of para-hydroxylation sites is 1. The number of rotatable bonds is 8. The minimum absolute atomic E-state index is 0.104. The number of imidazole rings is 2. The van der Waals surface area contributed by atoms with Crippen LogP contribution in [-0.4, -0.2) is 54.3 Å². The third-order valence-electron chi connectivity index (χ3n) is 7.84. The Bertz CT molecular complexity index is 1800. The third-order valence-corrected chi connectivity index (χ3v) is 8.08. The Morgan fingerprint density at radius 3 is 2.78 bits per heavy atom. The van der Waals surface area contributed by atoms with E-state index in [1.807, 2.05) is 18.2 Å². The van der Waals surface area contributed by atoms with Crippen molar-refractivity contribution in [2.75, 3.05) is 13.2 Å². The first-order valence-electron chi connectivity index (χ1n) is 13.5. The molecule has 0 unspecified atom stereocenters. The molecule has 11 heteroatoms. The molecule has 1 saturated heterocycles. The second-order valence-corrected chi connectivity index (χ2v) is 10.9. The van der Waals surface area contributed by atoms with Gasteiger partial charge in [0.1, 0.15) is 18.3 Å². The van der Waals surface area contributed by atoms with E-state index in [9.17, 15) is 14.3 Å². The number of hydrogen-bond donors (Lipinski definition) is 1. The number of carbonyl (C=O) groups is 1. The largest absolute Gasteiger partial charge is 0.486 e. The lowest BCUT2D eigenvalue weighted by Gasteiger charge is -2.30. The molecule has 0 radical (unpaired) electrons. The zero-order valence-corrected chi connectivity index (χ0v) is 22.9.